The summed E-state index contributed by atoms with van der Waals surface area (Å²) in [5, 5.41) is 2.59. The van der Waals surface area contributed by atoms with Gasteiger partial charge < -0.3 is 11.1 Å². The Hall–Kier alpha value is -1.62. The first-order chi connectivity index (χ1) is 9.23. The Kier molecular flexibility index (Phi) is 5.51. The topological polar surface area (TPSA) is 58.4 Å². The zero-order valence-corrected chi connectivity index (χ0v) is 12.8. The maximum atomic E-state index is 13.6. The van der Waals surface area contributed by atoms with Crippen molar-refractivity contribution in [3.63, 3.8) is 0 Å². The fourth-order valence-corrected chi connectivity index (χ4v) is 1.88. The minimum Gasteiger partial charge on any atom is -0.399 e. The molecule has 2 atom stereocenters. The van der Waals surface area contributed by atoms with Crippen LogP contribution in [0.5, 0.6) is 0 Å². The van der Waals surface area contributed by atoms with E-state index in [0.29, 0.717) is 11.6 Å². The number of hydrogen-bond acceptors (Lipinski definition) is 3. The molecular weight excluding hydrogens is 257 g/mol. The van der Waals surface area contributed by atoms with Crippen molar-refractivity contribution in [2.45, 2.75) is 39.8 Å². The summed E-state index contributed by atoms with van der Waals surface area (Å²) in [4.78, 5) is 14.2. The Balaban J connectivity index is 2.78. The molecule has 0 fully saturated rings. The number of likely N-dealkylation sites (N-methyl/N-ethyl adjacent to an activating group) is 1. The normalized spacial score (nSPS) is 14.4. The average molecular weight is 281 g/mol. The van der Waals surface area contributed by atoms with Gasteiger partial charge >= 0.3 is 0 Å². The summed E-state index contributed by atoms with van der Waals surface area (Å²) in [5.41, 5.74) is 6.13. The number of nitrogens with zero attached hydrogens (tertiary/aromatic N) is 1. The lowest BCUT2D eigenvalue weighted by atomic mass is 10.0. The molecule has 0 aliphatic rings. The van der Waals surface area contributed by atoms with Gasteiger partial charge in [-0.15, -0.1) is 0 Å². The van der Waals surface area contributed by atoms with Crippen molar-refractivity contribution in [3.8, 4) is 0 Å². The highest BCUT2D eigenvalue weighted by atomic mass is 19.1. The first-order valence-electron chi connectivity index (χ1n) is 6.81. The maximum Gasteiger partial charge on any atom is 0.241 e. The molecule has 5 heteroatoms. The number of rotatable bonds is 5. The molecular formula is C15H24FN3O. The van der Waals surface area contributed by atoms with E-state index in [9.17, 15) is 9.18 Å². The molecule has 0 saturated carbocycles. The van der Waals surface area contributed by atoms with Crippen LogP contribution < -0.4 is 11.1 Å². The van der Waals surface area contributed by atoms with Crippen LogP contribution in [0, 0.1) is 11.7 Å². The summed E-state index contributed by atoms with van der Waals surface area (Å²) in [5.74, 6) is -0.303. The summed E-state index contributed by atoms with van der Waals surface area (Å²) in [6.45, 7) is 8.07. The van der Waals surface area contributed by atoms with Gasteiger partial charge in [-0.05, 0) is 45.0 Å². The van der Waals surface area contributed by atoms with Gasteiger partial charge in [0.25, 0.3) is 0 Å². The summed E-state index contributed by atoms with van der Waals surface area (Å²) >= 11 is 0. The molecule has 0 saturated heterocycles. The summed E-state index contributed by atoms with van der Waals surface area (Å²) in [6, 6.07) is 4.03. The van der Waals surface area contributed by atoms with Crippen molar-refractivity contribution in [1.82, 2.24) is 4.90 Å². The monoisotopic (exact) mass is 281 g/mol. The van der Waals surface area contributed by atoms with Gasteiger partial charge in [0.1, 0.15) is 5.82 Å². The van der Waals surface area contributed by atoms with Crippen molar-refractivity contribution in [3.05, 3.63) is 24.0 Å². The summed E-state index contributed by atoms with van der Waals surface area (Å²) in [7, 11) is 1.89. The lowest BCUT2D eigenvalue weighted by Gasteiger charge is -2.32. The van der Waals surface area contributed by atoms with Crippen LogP contribution in [-0.2, 0) is 4.79 Å². The van der Waals surface area contributed by atoms with Crippen molar-refractivity contribution >= 4 is 17.3 Å². The number of amides is 1. The molecule has 4 nitrogen and oxygen atoms in total. The number of nitrogens with one attached hydrogen (secondary N) is 1. The molecule has 1 aromatic rings. The van der Waals surface area contributed by atoms with E-state index in [4.69, 9.17) is 5.73 Å². The average Bonchev–Trinajstić information content (AvgIpc) is 2.40. The highest BCUT2D eigenvalue weighted by molar-refractivity contribution is 5.95. The third-order valence-electron chi connectivity index (χ3n) is 3.85. The van der Waals surface area contributed by atoms with Crippen LogP contribution >= 0.6 is 0 Å². The van der Waals surface area contributed by atoms with Crippen LogP contribution in [0.25, 0.3) is 0 Å². The van der Waals surface area contributed by atoms with Crippen molar-refractivity contribution in [2.75, 3.05) is 18.1 Å². The van der Waals surface area contributed by atoms with Crippen LogP contribution in [0.2, 0.25) is 0 Å². The van der Waals surface area contributed by atoms with E-state index in [0.717, 1.165) is 0 Å². The van der Waals surface area contributed by atoms with E-state index in [1.807, 2.05) is 11.9 Å². The molecule has 0 aliphatic heterocycles. The van der Waals surface area contributed by atoms with E-state index in [-0.39, 0.29) is 23.7 Å². The predicted octanol–water partition coefficient (Wildman–Crippen LogP) is 2.71. The quantitative estimate of drug-likeness (QED) is 0.816. The summed E-state index contributed by atoms with van der Waals surface area (Å²) in [6.07, 6.45) is 0. The third-order valence-corrected chi connectivity index (χ3v) is 3.85. The predicted molar refractivity (Wildman–Crippen MR) is 81.0 cm³/mol. The SMILES string of the molecule is CC(C)C(C)N(C)C(C)C(=O)Nc1cc(N)ccc1F. The Morgan fingerprint density at radius 2 is 1.90 bits per heavy atom. The Labute approximate surface area is 120 Å². The van der Waals surface area contributed by atoms with Gasteiger partial charge in [-0.2, -0.15) is 0 Å². The molecule has 0 radical (unpaired) electrons. The van der Waals surface area contributed by atoms with E-state index in [2.05, 4.69) is 26.1 Å². The number of benzene rings is 1. The number of halogens is 1. The van der Waals surface area contributed by atoms with Crippen molar-refractivity contribution in [1.29, 1.82) is 0 Å². The minimum absolute atomic E-state index is 0.118. The standard InChI is InChI=1S/C15H24FN3O/c1-9(2)10(3)19(5)11(4)15(20)18-14-8-12(17)6-7-13(14)16/h6-11H,17H2,1-5H3,(H,18,20). The van der Waals surface area contributed by atoms with Gasteiger partial charge in [0.05, 0.1) is 11.7 Å². The number of carbonyl (C=O) groups excluding carboxylic acids is 1. The lowest BCUT2D eigenvalue weighted by Crippen LogP contribution is -2.46. The molecule has 0 aliphatic carbocycles. The molecule has 0 aromatic heterocycles. The summed E-state index contributed by atoms with van der Waals surface area (Å²) < 4.78 is 13.6. The Morgan fingerprint density at radius 1 is 1.30 bits per heavy atom. The molecule has 0 bridgehead atoms. The third kappa shape index (κ3) is 3.93. The first kappa shape index (κ1) is 16.4. The zero-order chi connectivity index (χ0) is 15.4. The Bertz CT molecular complexity index is 476. The second-order valence-electron chi connectivity index (χ2n) is 5.55. The molecule has 0 heterocycles. The van der Waals surface area contributed by atoms with Crippen molar-refractivity contribution in [2.24, 2.45) is 5.92 Å². The van der Waals surface area contributed by atoms with Crippen LogP contribution in [0.4, 0.5) is 15.8 Å². The Morgan fingerprint density at radius 3 is 2.45 bits per heavy atom. The lowest BCUT2D eigenvalue weighted by molar-refractivity contribution is -0.121. The molecule has 3 N–H and O–H groups in total. The molecule has 20 heavy (non-hydrogen) atoms. The van der Waals surface area contributed by atoms with E-state index in [1.54, 1.807) is 6.92 Å². The number of nitrogen functional groups attached to an aromatic ring is 1. The highest BCUT2D eigenvalue weighted by Crippen LogP contribution is 2.19. The first-order valence-corrected chi connectivity index (χ1v) is 6.81. The highest BCUT2D eigenvalue weighted by Gasteiger charge is 2.24. The molecule has 112 valence electrons. The second kappa shape index (κ2) is 6.70. The van der Waals surface area contributed by atoms with E-state index >= 15 is 0 Å². The van der Waals surface area contributed by atoms with Gasteiger partial charge in [0.2, 0.25) is 5.91 Å². The largest absolute Gasteiger partial charge is 0.399 e. The molecule has 2 unspecified atom stereocenters. The molecule has 1 amide bonds. The smallest absolute Gasteiger partial charge is 0.241 e. The zero-order valence-electron chi connectivity index (χ0n) is 12.8. The van der Waals surface area contributed by atoms with Crippen LogP contribution in [0.3, 0.4) is 0 Å². The fourth-order valence-electron chi connectivity index (χ4n) is 1.88. The minimum atomic E-state index is -0.487. The maximum absolute atomic E-state index is 13.6. The van der Waals surface area contributed by atoms with Crippen LogP contribution in [0.1, 0.15) is 27.7 Å². The molecule has 0 spiro atoms. The van der Waals surface area contributed by atoms with Gasteiger partial charge in [0, 0.05) is 11.7 Å². The second-order valence-corrected chi connectivity index (χ2v) is 5.55. The number of hydrogen-bond donors (Lipinski definition) is 2. The van der Waals surface area contributed by atoms with Gasteiger partial charge in [0.15, 0.2) is 0 Å². The number of carbonyl (C=O) groups is 1. The molecule has 1 aromatic carbocycles. The van der Waals surface area contributed by atoms with Crippen LogP contribution in [0.15, 0.2) is 18.2 Å². The van der Waals surface area contributed by atoms with Gasteiger partial charge in [-0.25, -0.2) is 4.39 Å². The van der Waals surface area contributed by atoms with Gasteiger partial charge in [-0.1, -0.05) is 13.8 Å². The van der Waals surface area contributed by atoms with Crippen molar-refractivity contribution < 1.29 is 9.18 Å². The van der Waals surface area contributed by atoms with Crippen LogP contribution in [-0.4, -0.2) is 29.9 Å². The number of nitrogens with two attached hydrogens (primary N) is 1. The van der Waals surface area contributed by atoms with Gasteiger partial charge in [-0.3, -0.25) is 9.69 Å². The van der Waals surface area contributed by atoms with E-state index < -0.39 is 5.82 Å². The molecule has 1 rings (SSSR count). The number of anilines is 2. The fraction of sp³-hybridized carbons (Fsp3) is 0.533. The van der Waals surface area contributed by atoms with E-state index in [1.165, 1.54) is 18.2 Å².